The molecule has 0 fully saturated rings. The van der Waals surface area contributed by atoms with Gasteiger partial charge in [-0.3, -0.25) is 4.90 Å². The number of ether oxygens (including phenoxy) is 2. The van der Waals surface area contributed by atoms with Crippen LogP contribution in [0, 0.1) is 0 Å². The highest BCUT2D eigenvalue weighted by molar-refractivity contribution is 8.01. The second-order valence-electron chi connectivity index (χ2n) is 6.46. The molecule has 0 unspecified atom stereocenters. The highest BCUT2D eigenvalue weighted by atomic mass is 35.5. The number of para-hydroxylation sites is 1. The summed E-state index contributed by atoms with van der Waals surface area (Å²) in [5.74, 6) is 1.14. The van der Waals surface area contributed by atoms with E-state index in [4.69, 9.17) is 32.7 Å². The van der Waals surface area contributed by atoms with Crippen molar-refractivity contribution in [2.45, 2.75) is 11.4 Å². The van der Waals surface area contributed by atoms with Crippen molar-refractivity contribution in [2.75, 3.05) is 23.4 Å². The molecule has 0 saturated carbocycles. The zero-order chi connectivity index (χ0) is 21.3. The lowest BCUT2D eigenvalue weighted by molar-refractivity contribution is 0.254. The van der Waals surface area contributed by atoms with Gasteiger partial charge < -0.3 is 9.47 Å². The fourth-order valence-electron chi connectivity index (χ4n) is 3.22. The van der Waals surface area contributed by atoms with Crippen molar-refractivity contribution < 1.29 is 14.3 Å². The molecule has 0 aliphatic carbocycles. The molecule has 3 aromatic rings. The van der Waals surface area contributed by atoms with Gasteiger partial charge in [0.2, 0.25) is 0 Å². The van der Waals surface area contributed by atoms with E-state index in [1.807, 2.05) is 30.3 Å². The van der Waals surface area contributed by atoms with E-state index in [-0.39, 0.29) is 12.6 Å². The summed E-state index contributed by atoms with van der Waals surface area (Å²) in [6, 6.07) is 18.2. The van der Waals surface area contributed by atoms with E-state index >= 15 is 0 Å². The van der Waals surface area contributed by atoms with Gasteiger partial charge in [0.05, 0.1) is 37.0 Å². The van der Waals surface area contributed by atoms with Gasteiger partial charge in [-0.2, -0.15) is 0 Å². The van der Waals surface area contributed by atoms with Gasteiger partial charge in [-0.25, -0.2) is 9.10 Å². The third-order valence-electron chi connectivity index (χ3n) is 4.73. The van der Waals surface area contributed by atoms with Gasteiger partial charge in [-0.1, -0.05) is 41.4 Å². The molecule has 0 aromatic heterocycles. The molecule has 1 aliphatic rings. The number of urea groups is 1. The number of amides is 2. The molecule has 0 atom stereocenters. The summed E-state index contributed by atoms with van der Waals surface area (Å²) in [7, 11) is 3.14. The minimum Gasteiger partial charge on any atom is -0.493 e. The van der Waals surface area contributed by atoms with Crippen LogP contribution in [0.4, 0.5) is 16.2 Å². The van der Waals surface area contributed by atoms with Crippen molar-refractivity contribution in [3.8, 4) is 11.5 Å². The van der Waals surface area contributed by atoms with Crippen LogP contribution in [0.5, 0.6) is 11.5 Å². The molecule has 1 aliphatic heterocycles. The van der Waals surface area contributed by atoms with Crippen LogP contribution in [0.15, 0.2) is 65.6 Å². The van der Waals surface area contributed by atoms with Gasteiger partial charge in [0.25, 0.3) is 0 Å². The number of nitrogens with zero attached hydrogens (tertiary/aromatic N) is 2. The number of methoxy groups -OCH3 is 2. The van der Waals surface area contributed by atoms with Crippen molar-refractivity contribution >= 4 is 52.6 Å². The van der Waals surface area contributed by atoms with Crippen LogP contribution in [-0.4, -0.2) is 20.3 Å². The maximum Gasteiger partial charge on any atom is 0.339 e. The lowest BCUT2D eigenvalue weighted by Gasteiger charge is -2.36. The third kappa shape index (κ3) is 3.78. The van der Waals surface area contributed by atoms with Crippen LogP contribution in [0.1, 0.15) is 5.56 Å². The van der Waals surface area contributed by atoms with Gasteiger partial charge in [0.15, 0.2) is 11.5 Å². The molecule has 3 aromatic carbocycles. The van der Waals surface area contributed by atoms with Crippen LogP contribution in [0.3, 0.4) is 0 Å². The number of fused-ring (bicyclic) bond motifs is 1. The molecule has 154 valence electrons. The van der Waals surface area contributed by atoms with E-state index in [1.54, 1.807) is 53.8 Å². The number of hydrogen-bond acceptors (Lipinski definition) is 4. The van der Waals surface area contributed by atoms with E-state index in [9.17, 15) is 4.79 Å². The predicted molar refractivity (Wildman–Crippen MR) is 122 cm³/mol. The fourth-order valence-corrected chi connectivity index (χ4v) is 4.74. The van der Waals surface area contributed by atoms with Crippen LogP contribution in [0.2, 0.25) is 10.0 Å². The molecular formula is C22H18Cl2N2O3S. The van der Waals surface area contributed by atoms with Crippen molar-refractivity contribution in [3.63, 3.8) is 0 Å². The van der Waals surface area contributed by atoms with Crippen LogP contribution < -0.4 is 18.7 Å². The van der Waals surface area contributed by atoms with Gasteiger partial charge in [-0.05, 0) is 48.3 Å². The van der Waals surface area contributed by atoms with Crippen molar-refractivity contribution in [2.24, 2.45) is 0 Å². The zero-order valence-electron chi connectivity index (χ0n) is 16.3. The van der Waals surface area contributed by atoms with E-state index in [2.05, 4.69) is 0 Å². The Morgan fingerprint density at radius 2 is 1.60 bits per heavy atom. The van der Waals surface area contributed by atoms with Crippen molar-refractivity contribution in [3.05, 3.63) is 76.3 Å². The molecule has 1 heterocycles. The summed E-state index contributed by atoms with van der Waals surface area (Å²) in [6.45, 7) is 0.249. The standard InChI is InChI=1S/C22H18Cl2N2O3S/c1-28-19-11-10-14(12-20(19)29-2)26-22(27)25(18-8-3-4-9-21(18)30-26)13-15-16(23)6-5-7-17(15)24/h3-12H,13H2,1-2H3. The quantitative estimate of drug-likeness (QED) is 0.399. The number of carbonyl (C=O) groups is 1. The Bertz CT molecular complexity index is 1090. The zero-order valence-corrected chi connectivity index (χ0v) is 18.6. The minimum atomic E-state index is -0.207. The molecule has 0 N–H and O–H groups in total. The number of halogens is 2. The van der Waals surface area contributed by atoms with E-state index < -0.39 is 0 Å². The molecule has 4 rings (SSSR count). The lowest BCUT2D eigenvalue weighted by Crippen LogP contribution is -2.43. The minimum absolute atomic E-state index is 0.207. The second kappa shape index (κ2) is 8.68. The van der Waals surface area contributed by atoms with E-state index in [0.717, 1.165) is 10.6 Å². The average Bonchev–Trinajstić information content (AvgIpc) is 2.77. The number of carbonyl (C=O) groups excluding carboxylic acids is 1. The molecular weight excluding hydrogens is 443 g/mol. The highest BCUT2D eigenvalue weighted by Gasteiger charge is 2.33. The fraction of sp³-hybridized carbons (Fsp3) is 0.136. The summed E-state index contributed by atoms with van der Waals surface area (Å²) in [5, 5.41) is 1.03. The summed E-state index contributed by atoms with van der Waals surface area (Å²) in [4.78, 5) is 16.2. The molecule has 0 spiro atoms. The van der Waals surface area contributed by atoms with Crippen LogP contribution >= 0.6 is 35.1 Å². The Morgan fingerprint density at radius 3 is 2.30 bits per heavy atom. The van der Waals surface area contributed by atoms with Gasteiger partial charge in [0, 0.05) is 21.7 Å². The average molecular weight is 461 g/mol. The highest BCUT2D eigenvalue weighted by Crippen LogP contribution is 2.44. The lowest BCUT2D eigenvalue weighted by atomic mass is 10.2. The number of hydrogen-bond donors (Lipinski definition) is 0. The number of rotatable bonds is 5. The monoisotopic (exact) mass is 460 g/mol. The molecule has 0 radical (unpaired) electrons. The van der Waals surface area contributed by atoms with E-state index in [0.29, 0.717) is 32.8 Å². The van der Waals surface area contributed by atoms with Gasteiger partial charge in [0.1, 0.15) is 0 Å². The Kier molecular flexibility index (Phi) is 5.99. The predicted octanol–water partition coefficient (Wildman–Crippen LogP) is 6.66. The van der Waals surface area contributed by atoms with Gasteiger partial charge >= 0.3 is 6.03 Å². The van der Waals surface area contributed by atoms with Crippen LogP contribution in [0.25, 0.3) is 0 Å². The summed E-state index contributed by atoms with van der Waals surface area (Å²) in [5.41, 5.74) is 2.18. The topological polar surface area (TPSA) is 42.0 Å². The Hall–Kier alpha value is -2.54. The maximum absolute atomic E-state index is 13.5. The SMILES string of the molecule is COc1ccc(N2Sc3ccccc3N(Cc3c(Cl)cccc3Cl)C2=O)cc1OC. The van der Waals surface area contributed by atoms with Crippen molar-refractivity contribution in [1.29, 1.82) is 0 Å². The van der Waals surface area contributed by atoms with Gasteiger partial charge in [-0.15, -0.1) is 0 Å². The first-order chi connectivity index (χ1) is 14.5. The molecule has 30 heavy (non-hydrogen) atoms. The molecule has 0 bridgehead atoms. The number of anilines is 2. The summed E-state index contributed by atoms with van der Waals surface area (Å²) < 4.78 is 12.3. The molecule has 8 heteroatoms. The Morgan fingerprint density at radius 1 is 0.900 bits per heavy atom. The molecule has 0 saturated heterocycles. The Balaban J connectivity index is 1.77. The third-order valence-corrected chi connectivity index (χ3v) is 6.53. The first kappa shape index (κ1) is 20.7. The molecule has 2 amide bonds. The van der Waals surface area contributed by atoms with E-state index in [1.165, 1.54) is 11.9 Å². The normalized spacial score (nSPS) is 13.3. The smallest absolute Gasteiger partial charge is 0.339 e. The second-order valence-corrected chi connectivity index (χ2v) is 8.26. The van der Waals surface area contributed by atoms with Crippen molar-refractivity contribution in [1.82, 2.24) is 0 Å². The first-order valence-corrected chi connectivity index (χ1v) is 10.6. The first-order valence-electron chi connectivity index (χ1n) is 9.07. The number of benzene rings is 3. The molecule has 5 nitrogen and oxygen atoms in total. The summed E-state index contributed by atoms with van der Waals surface area (Å²) >= 11 is 14.1. The largest absolute Gasteiger partial charge is 0.493 e. The maximum atomic E-state index is 13.5. The van der Waals surface area contributed by atoms with Crippen LogP contribution in [-0.2, 0) is 6.54 Å². The summed E-state index contributed by atoms with van der Waals surface area (Å²) in [6.07, 6.45) is 0. The Labute approximate surface area is 189 Å².